The highest BCUT2D eigenvalue weighted by Gasteiger charge is 2.47. The number of hydrogen-bond donors (Lipinski definition) is 1. The molecule has 9 nitrogen and oxygen atoms in total. The molecule has 6 aromatic rings. The number of piperazine rings is 1. The maximum atomic E-state index is 16.6. The van der Waals surface area contributed by atoms with Crippen molar-refractivity contribution in [3.05, 3.63) is 152 Å². The van der Waals surface area contributed by atoms with E-state index in [9.17, 15) is 9.50 Å². The summed E-state index contributed by atoms with van der Waals surface area (Å²) in [5.74, 6) is 2.20. The van der Waals surface area contributed by atoms with Crippen molar-refractivity contribution in [1.29, 1.82) is 0 Å². The van der Waals surface area contributed by atoms with E-state index in [-0.39, 0.29) is 29.5 Å². The summed E-state index contributed by atoms with van der Waals surface area (Å²) in [6.07, 6.45) is 3.10. The summed E-state index contributed by atoms with van der Waals surface area (Å²) in [5.41, 5.74) is 11.3. The van der Waals surface area contributed by atoms with Gasteiger partial charge in [-0.15, -0.1) is 21.5 Å². The maximum Gasteiger partial charge on any atom is 0.258 e. The van der Waals surface area contributed by atoms with Crippen LogP contribution < -0.4 is 14.2 Å². The van der Waals surface area contributed by atoms with Crippen molar-refractivity contribution < 1.29 is 18.3 Å². The van der Waals surface area contributed by atoms with Gasteiger partial charge in [-0.3, -0.25) is 14.5 Å². The number of rotatable bonds is 12. The Morgan fingerprint density at radius 3 is 2.10 bits per heavy atom. The van der Waals surface area contributed by atoms with Crippen LogP contribution in [0.1, 0.15) is 141 Å². The smallest absolute Gasteiger partial charge is 0.258 e. The van der Waals surface area contributed by atoms with Crippen molar-refractivity contribution in [3.63, 3.8) is 0 Å². The van der Waals surface area contributed by atoms with Crippen molar-refractivity contribution in [2.24, 2.45) is 4.99 Å². The Bertz CT molecular complexity index is 2930. The molecule has 380 valence electrons. The zero-order valence-corrected chi connectivity index (χ0v) is 45.8. The normalized spacial score (nSPS) is 20.4. The van der Waals surface area contributed by atoms with Gasteiger partial charge in [0.05, 0.1) is 17.0 Å². The number of thiophene rings is 1. The summed E-state index contributed by atoms with van der Waals surface area (Å²) < 4.78 is 40.2. The van der Waals surface area contributed by atoms with Gasteiger partial charge in [-0.2, -0.15) is 0 Å². The van der Waals surface area contributed by atoms with Crippen molar-refractivity contribution in [1.82, 2.24) is 19.7 Å². The predicted molar refractivity (Wildman–Crippen MR) is 293 cm³/mol. The van der Waals surface area contributed by atoms with E-state index in [0.717, 1.165) is 95.1 Å². The zero-order chi connectivity index (χ0) is 50.8. The van der Waals surface area contributed by atoms with Gasteiger partial charge in [0.1, 0.15) is 34.3 Å². The number of hydrogen-bond acceptors (Lipinski definition) is 9. The Labute approximate surface area is 431 Å². The first-order valence-corrected chi connectivity index (χ1v) is 29.4. The number of anilines is 2. The van der Waals surface area contributed by atoms with Gasteiger partial charge < -0.3 is 19.3 Å². The molecule has 1 aliphatic carbocycles. The average Bonchev–Trinajstić information content (AvgIpc) is 3.85. The molecule has 0 radical (unpaired) electrons. The maximum absolute atomic E-state index is 16.6. The second-order valence-corrected chi connectivity index (χ2v) is 28.8. The van der Waals surface area contributed by atoms with Crippen LogP contribution in [0.3, 0.4) is 0 Å². The van der Waals surface area contributed by atoms with E-state index < -0.39 is 13.9 Å². The number of halogens is 2. The zero-order valence-electron chi connectivity index (χ0n) is 44.0. The highest BCUT2D eigenvalue weighted by Crippen LogP contribution is 2.49. The van der Waals surface area contributed by atoms with Crippen LogP contribution in [0.4, 0.5) is 20.2 Å². The lowest BCUT2D eigenvalue weighted by Gasteiger charge is -2.44. The molecular formula is C59H73F2N7O2SSi. The van der Waals surface area contributed by atoms with Crippen LogP contribution in [-0.2, 0) is 6.42 Å². The van der Waals surface area contributed by atoms with Crippen LogP contribution in [0.2, 0.25) is 16.6 Å². The van der Waals surface area contributed by atoms with Crippen LogP contribution in [0, 0.1) is 32.4 Å². The molecule has 2 aromatic heterocycles. The number of benzene rings is 4. The Morgan fingerprint density at radius 1 is 0.778 bits per heavy atom. The molecule has 2 fully saturated rings. The van der Waals surface area contributed by atoms with Crippen LogP contribution >= 0.6 is 11.3 Å². The van der Waals surface area contributed by atoms with Crippen molar-refractivity contribution >= 4 is 36.7 Å². The van der Waals surface area contributed by atoms with Crippen molar-refractivity contribution in [3.8, 4) is 10.8 Å². The molecule has 2 unspecified atom stereocenters. The number of β-amino-alcohol motifs (C(OH)–C–C–N with tert-alkyl or cyclic N) is 1. The summed E-state index contributed by atoms with van der Waals surface area (Å²) in [6.45, 7) is 27.3. The third kappa shape index (κ3) is 9.25. The molecule has 0 saturated carbocycles. The number of fused-ring (bicyclic) bond motifs is 4. The van der Waals surface area contributed by atoms with E-state index in [4.69, 9.17) is 9.42 Å². The van der Waals surface area contributed by atoms with Gasteiger partial charge in [-0.1, -0.05) is 77.9 Å². The molecule has 72 heavy (non-hydrogen) atoms. The SMILES string of the molecule is Cc1sc2c(c1C)C(c1ccc(N3CCC(O)(CN4CCN(c5ccc(C6c7ccc(O[Si](C(C)C)(C(C)C)C(C)C)cc7CCC6c6ccc(F)cc6)cc5F)CC4)CC3)cc1)=N[C@@H](C)c1nnc(C)n1-2. The molecule has 0 spiro atoms. The fourth-order valence-corrected chi connectivity index (χ4v) is 19.5. The van der Waals surface area contributed by atoms with Crippen LogP contribution in [-0.4, -0.2) is 90.2 Å². The minimum atomic E-state index is -2.17. The van der Waals surface area contributed by atoms with Gasteiger partial charge in [0.15, 0.2) is 5.82 Å². The van der Waals surface area contributed by atoms with Gasteiger partial charge >= 0.3 is 0 Å². The minimum absolute atomic E-state index is 0.0719. The van der Waals surface area contributed by atoms with Gasteiger partial charge in [-0.25, -0.2) is 8.78 Å². The van der Waals surface area contributed by atoms with E-state index >= 15 is 4.39 Å². The molecular weight excluding hydrogens is 937 g/mol. The molecule has 13 heteroatoms. The van der Waals surface area contributed by atoms with E-state index in [0.29, 0.717) is 54.8 Å². The van der Waals surface area contributed by atoms with Gasteiger partial charge in [0.2, 0.25) is 0 Å². The van der Waals surface area contributed by atoms with E-state index in [1.54, 1.807) is 29.5 Å². The molecule has 4 aromatic carbocycles. The molecule has 5 heterocycles. The summed E-state index contributed by atoms with van der Waals surface area (Å²) >= 11 is 1.77. The summed E-state index contributed by atoms with van der Waals surface area (Å²) in [6, 6.07) is 28.0. The van der Waals surface area contributed by atoms with Gasteiger partial charge in [0.25, 0.3) is 8.32 Å². The third-order valence-electron chi connectivity index (χ3n) is 17.0. The van der Waals surface area contributed by atoms with Crippen molar-refractivity contribution in [2.45, 2.75) is 135 Å². The summed E-state index contributed by atoms with van der Waals surface area (Å²) in [4.78, 5) is 13.4. The molecule has 10 rings (SSSR count). The number of nitrogens with zero attached hydrogens (tertiary/aromatic N) is 7. The standard InChI is InChI=1S/C59H73F2N7O2SSi/c1-36(2)72(37(3)4,38(5)6)70-49-21-23-51-45(33-49)15-22-50(43-11-17-47(60)18-12-43)55(51)46-16-24-53(52(61)34-46)67-31-29-65(30-32-67)35-59(69)25-27-66(28-26-59)48-19-13-44(14-20-48)56-54-39(7)41(9)71-58(54)68-42(10)63-64-57(68)40(8)62-56/h11-14,16-21,23-24,33-34,36-38,40,50,55,69H,15,22,25-32,35H2,1-10H3/t40-,50?,55?/m0/s1. The topological polar surface area (TPSA) is 82.2 Å². The van der Waals surface area contributed by atoms with E-state index in [1.807, 2.05) is 25.1 Å². The largest absolute Gasteiger partial charge is 0.543 e. The Balaban J connectivity index is 0.789. The number of aliphatic imine (C=N–C) groups is 1. The molecule has 4 aliphatic rings. The predicted octanol–water partition coefficient (Wildman–Crippen LogP) is 13.0. The average molecular weight is 1010 g/mol. The second-order valence-electron chi connectivity index (χ2n) is 22.2. The highest BCUT2D eigenvalue weighted by molar-refractivity contribution is 7.15. The molecule has 1 N–H and O–H groups in total. The molecule has 3 atom stereocenters. The number of piperidine rings is 1. The minimum Gasteiger partial charge on any atom is -0.543 e. The molecule has 3 aliphatic heterocycles. The molecule has 2 saturated heterocycles. The Kier molecular flexibility index (Phi) is 13.9. The van der Waals surface area contributed by atoms with Crippen LogP contribution in [0.25, 0.3) is 5.00 Å². The number of aryl methyl sites for hydroxylation is 3. The third-order valence-corrected chi connectivity index (χ3v) is 24.2. The van der Waals surface area contributed by atoms with Crippen molar-refractivity contribution in [2.75, 3.05) is 55.6 Å². The fourth-order valence-electron chi connectivity index (χ4n) is 13.1. The van der Waals surface area contributed by atoms with E-state index in [2.05, 4.69) is 140 Å². The number of aliphatic hydroxyl groups is 1. The summed E-state index contributed by atoms with van der Waals surface area (Å²) in [7, 11) is -2.17. The first-order chi connectivity index (χ1) is 34.4. The molecule has 0 amide bonds. The number of aromatic nitrogens is 3. The highest BCUT2D eigenvalue weighted by atomic mass is 32.1. The lowest BCUT2D eigenvalue weighted by molar-refractivity contribution is -0.0173. The fraction of sp³-hybridized carbons (Fsp3) is 0.475. The monoisotopic (exact) mass is 1010 g/mol. The Morgan fingerprint density at radius 2 is 1.44 bits per heavy atom. The van der Waals surface area contributed by atoms with Gasteiger partial charge in [0, 0.05) is 73.4 Å². The van der Waals surface area contributed by atoms with Crippen LogP contribution in [0.5, 0.6) is 5.75 Å². The van der Waals surface area contributed by atoms with Crippen LogP contribution in [0.15, 0.2) is 89.9 Å². The molecule has 0 bridgehead atoms. The lowest BCUT2D eigenvalue weighted by atomic mass is 9.69. The lowest BCUT2D eigenvalue weighted by Crippen LogP contribution is -2.55. The Hall–Kier alpha value is -5.21. The first-order valence-electron chi connectivity index (χ1n) is 26.5. The van der Waals surface area contributed by atoms with E-state index in [1.165, 1.54) is 21.6 Å². The summed E-state index contributed by atoms with van der Waals surface area (Å²) in [5, 5.41) is 22.0. The van der Waals surface area contributed by atoms with Gasteiger partial charge in [-0.05, 0) is 152 Å². The first kappa shape index (κ1) is 50.3. The quantitative estimate of drug-likeness (QED) is 0.122. The second kappa shape index (κ2) is 19.9.